The van der Waals surface area contributed by atoms with Crippen molar-refractivity contribution in [1.82, 2.24) is 4.98 Å². The summed E-state index contributed by atoms with van der Waals surface area (Å²) in [5, 5.41) is 8.91. The van der Waals surface area contributed by atoms with Crippen LogP contribution in [0.15, 0.2) is 18.5 Å². The summed E-state index contributed by atoms with van der Waals surface area (Å²) >= 11 is 0. The molecule has 1 fully saturated rings. The fourth-order valence-electron chi connectivity index (χ4n) is 1.74. The zero-order valence-electron chi connectivity index (χ0n) is 7.85. The van der Waals surface area contributed by atoms with Crippen LogP contribution >= 0.6 is 0 Å². The molecule has 1 aliphatic rings. The predicted molar refractivity (Wildman–Crippen MR) is 53.8 cm³/mol. The molecule has 0 saturated carbocycles. The summed E-state index contributed by atoms with van der Waals surface area (Å²) in [5.74, 6) is 0. The van der Waals surface area contributed by atoms with Crippen molar-refractivity contribution in [1.29, 1.82) is 5.26 Å². The Kier molecular flexibility index (Phi) is 2.33. The first kappa shape index (κ1) is 8.97. The molecule has 0 radical (unpaired) electrons. The number of rotatable bonds is 1. The Hall–Kier alpha value is -1.60. The Morgan fingerprint density at radius 2 is 2.50 bits per heavy atom. The average Bonchev–Trinajstić information content (AvgIpc) is 2.65. The van der Waals surface area contributed by atoms with Gasteiger partial charge in [-0.1, -0.05) is 0 Å². The zero-order chi connectivity index (χ0) is 9.97. The van der Waals surface area contributed by atoms with E-state index in [9.17, 15) is 0 Å². The third-order valence-corrected chi connectivity index (χ3v) is 2.49. The van der Waals surface area contributed by atoms with Crippen molar-refractivity contribution in [2.45, 2.75) is 12.5 Å². The lowest BCUT2D eigenvalue weighted by Crippen LogP contribution is -2.26. The van der Waals surface area contributed by atoms with Gasteiger partial charge in [0, 0.05) is 25.3 Å². The number of aromatic nitrogens is 1. The van der Waals surface area contributed by atoms with E-state index in [1.54, 1.807) is 18.5 Å². The molecule has 0 bridgehead atoms. The van der Waals surface area contributed by atoms with Crippen molar-refractivity contribution in [3.05, 3.63) is 24.0 Å². The Balaban J connectivity index is 2.28. The molecule has 1 aromatic rings. The standard InChI is InChI=1S/C10H12N4/c11-5-8-1-3-13-6-10(8)14-4-2-9(12)7-14/h1,3,6,9H,2,4,7,12H2/t9-/m1/s1. The van der Waals surface area contributed by atoms with E-state index in [1.807, 2.05) is 0 Å². The van der Waals surface area contributed by atoms with Crippen LogP contribution in [-0.2, 0) is 0 Å². The summed E-state index contributed by atoms with van der Waals surface area (Å²) < 4.78 is 0. The van der Waals surface area contributed by atoms with Crippen LogP contribution in [-0.4, -0.2) is 24.1 Å². The van der Waals surface area contributed by atoms with E-state index in [1.165, 1.54) is 0 Å². The van der Waals surface area contributed by atoms with Crippen LogP contribution in [0, 0.1) is 11.3 Å². The molecule has 14 heavy (non-hydrogen) atoms. The van der Waals surface area contributed by atoms with Crippen LogP contribution in [0.3, 0.4) is 0 Å². The molecule has 4 heteroatoms. The smallest absolute Gasteiger partial charge is 0.101 e. The van der Waals surface area contributed by atoms with Gasteiger partial charge in [0.15, 0.2) is 0 Å². The highest BCUT2D eigenvalue weighted by molar-refractivity contribution is 5.58. The number of hydrogen-bond acceptors (Lipinski definition) is 4. The Morgan fingerprint density at radius 3 is 3.14 bits per heavy atom. The summed E-state index contributed by atoms with van der Waals surface area (Å²) in [6.45, 7) is 1.74. The van der Waals surface area contributed by atoms with Crippen LogP contribution in [0.2, 0.25) is 0 Å². The van der Waals surface area contributed by atoms with Gasteiger partial charge >= 0.3 is 0 Å². The Labute approximate surface area is 83.0 Å². The first-order valence-electron chi connectivity index (χ1n) is 4.66. The van der Waals surface area contributed by atoms with Gasteiger partial charge in [-0.05, 0) is 12.5 Å². The molecule has 1 aromatic heterocycles. The molecule has 0 spiro atoms. The van der Waals surface area contributed by atoms with Crippen LogP contribution in [0.25, 0.3) is 0 Å². The first-order chi connectivity index (χ1) is 6.81. The molecule has 0 aliphatic carbocycles. The van der Waals surface area contributed by atoms with Gasteiger partial charge in [-0.2, -0.15) is 5.26 Å². The topological polar surface area (TPSA) is 65.9 Å². The molecule has 0 aromatic carbocycles. The lowest BCUT2D eigenvalue weighted by Gasteiger charge is -2.18. The second kappa shape index (κ2) is 3.64. The maximum atomic E-state index is 8.91. The van der Waals surface area contributed by atoms with Gasteiger partial charge in [-0.3, -0.25) is 4.98 Å². The summed E-state index contributed by atoms with van der Waals surface area (Å²) in [4.78, 5) is 6.15. The molecule has 2 N–H and O–H groups in total. The molecule has 0 unspecified atom stereocenters. The van der Waals surface area contributed by atoms with Crippen molar-refractivity contribution in [2.75, 3.05) is 18.0 Å². The highest BCUT2D eigenvalue weighted by Crippen LogP contribution is 2.22. The predicted octanol–water partition coefficient (Wildman–Crippen LogP) is 0.491. The second-order valence-corrected chi connectivity index (χ2v) is 3.50. The van der Waals surface area contributed by atoms with E-state index in [0.29, 0.717) is 5.56 Å². The number of nitriles is 1. The fourth-order valence-corrected chi connectivity index (χ4v) is 1.74. The van der Waals surface area contributed by atoms with E-state index >= 15 is 0 Å². The summed E-state index contributed by atoms with van der Waals surface area (Å²) in [5.41, 5.74) is 7.39. The molecular weight excluding hydrogens is 176 g/mol. The molecule has 1 saturated heterocycles. The van der Waals surface area contributed by atoms with Crippen molar-refractivity contribution in [3.63, 3.8) is 0 Å². The Bertz CT molecular complexity index is 369. The lowest BCUT2D eigenvalue weighted by molar-refractivity contribution is 0.752. The number of pyridine rings is 1. The van der Waals surface area contributed by atoms with E-state index in [4.69, 9.17) is 11.0 Å². The number of anilines is 1. The van der Waals surface area contributed by atoms with Crippen molar-refractivity contribution >= 4 is 5.69 Å². The van der Waals surface area contributed by atoms with Gasteiger partial charge in [0.2, 0.25) is 0 Å². The summed E-state index contributed by atoms with van der Waals surface area (Å²) in [6.07, 6.45) is 4.36. The third-order valence-electron chi connectivity index (χ3n) is 2.49. The van der Waals surface area contributed by atoms with Crippen LogP contribution in [0.5, 0.6) is 0 Å². The molecular formula is C10H12N4. The van der Waals surface area contributed by atoms with E-state index < -0.39 is 0 Å². The lowest BCUT2D eigenvalue weighted by atomic mass is 10.2. The van der Waals surface area contributed by atoms with E-state index in [-0.39, 0.29) is 6.04 Å². The summed E-state index contributed by atoms with van der Waals surface area (Å²) in [6, 6.07) is 4.12. The fraction of sp³-hybridized carbons (Fsp3) is 0.400. The van der Waals surface area contributed by atoms with Crippen LogP contribution < -0.4 is 10.6 Å². The highest BCUT2D eigenvalue weighted by atomic mass is 15.2. The average molecular weight is 188 g/mol. The summed E-state index contributed by atoms with van der Waals surface area (Å²) in [7, 11) is 0. The highest BCUT2D eigenvalue weighted by Gasteiger charge is 2.21. The maximum Gasteiger partial charge on any atom is 0.101 e. The minimum absolute atomic E-state index is 0.224. The maximum absolute atomic E-state index is 8.91. The molecule has 1 aliphatic heterocycles. The van der Waals surface area contributed by atoms with Gasteiger partial charge in [0.1, 0.15) is 6.07 Å². The molecule has 1 atom stereocenters. The largest absolute Gasteiger partial charge is 0.368 e. The second-order valence-electron chi connectivity index (χ2n) is 3.50. The number of hydrogen-bond donors (Lipinski definition) is 1. The minimum atomic E-state index is 0.224. The monoisotopic (exact) mass is 188 g/mol. The molecule has 2 heterocycles. The quantitative estimate of drug-likeness (QED) is 0.696. The van der Waals surface area contributed by atoms with E-state index in [2.05, 4.69) is 16.0 Å². The zero-order valence-corrected chi connectivity index (χ0v) is 7.85. The van der Waals surface area contributed by atoms with Gasteiger partial charge in [-0.25, -0.2) is 0 Å². The SMILES string of the molecule is N#Cc1ccncc1N1CC[C@@H](N)C1. The Morgan fingerprint density at radius 1 is 1.64 bits per heavy atom. The minimum Gasteiger partial charge on any atom is -0.368 e. The number of nitrogens with zero attached hydrogens (tertiary/aromatic N) is 3. The van der Waals surface area contributed by atoms with Crippen LogP contribution in [0.4, 0.5) is 5.69 Å². The van der Waals surface area contributed by atoms with Gasteiger partial charge in [0.05, 0.1) is 17.4 Å². The van der Waals surface area contributed by atoms with E-state index in [0.717, 1.165) is 25.2 Å². The first-order valence-corrected chi connectivity index (χ1v) is 4.66. The molecule has 0 amide bonds. The van der Waals surface area contributed by atoms with Gasteiger partial charge in [0.25, 0.3) is 0 Å². The molecule has 2 rings (SSSR count). The van der Waals surface area contributed by atoms with Crippen LogP contribution in [0.1, 0.15) is 12.0 Å². The van der Waals surface area contributed by atoms with Crippen molar-refractivity contribution in [3.8, 4) is 6.07 Å². The van der Waals surface area contributed by atoms with Crippen molar-refractivity contribution in [2.24, 2.45) is 5.73 Å². The van der Waals surface area contributed by atoms with Crippen molar-refractivity contribution < 1.29 is 0 Å². The van der Waals surface area contributed by atoms with Gasteiger partial charge in [-0.15, -0.1) is 0 Å². The molecule has 72 valence electrons. The number of nitrogens with two attached hydrogens (primary N) is 1. The molecule has 4 nitrogen and oxygen atoms in total. The third kappa shape index (κ3) is 1.54. The normalized spacial score (nSPS) is 20.9. The van der Waals surface area contributed by atoms with Gasteiger partial charge < -0.3 is 10.6 Å².